The second-order valence-electron chi connectivity index (χ2n) is 18.8. The normalized spacial score (nSPS) is 12.1. The molecular formula is C57H106O6. The standard InChI is InChI=1S/C57H106O6/c1-4-7-10-13-16-19-22-24-25-26-27-28-29-30-31-33-35-38-41-44-47-50-56(59)62-53-54(52-61-55(58)49-46-43-40-37-34-21-18-15-12-9-6-3)63-57(60)51-48-45-42-39-36-32-23-20-17-14-11-8-5-2/h15,18,24-25,54H,4-14,16-17,19-23,26-53H2,1-3H3/b18-15-,25-24-/t54-/m0/s1. The number of ether oxygens (including phenoxy) is 3. The maximum atomic E-state index is 12.8. The van der Waals surface area contributed by atoms with E-state index in [9.17, 15) is 14.4 Å². The SMILES string of the molecule is CCCC/C=C\CCCCCCCC(=O)OC[C@@H](COC(=O)CCCCCCCCCCCCC/C=C\CCCCCCCC)OC(=O)CCCCCCCCCCCCCCC. The molecule has 0 aliphatic carbocycles. The van der Waals surface area contributed by atoms with Crippen molar-refractivity contribution in [2.75, 3.05) is 13.2 Å². The van der Waals surface area contributed by atoms with Crippen LogP contribution in [0.4, 0.5) is 0 Å². The number of esters is 3. The first kappa shape index (κ1) is 60.9. The highest BCUT2D eigenvalue weighted by Gasteiger charge is 2.19. The van der Waals surface area contributed by atoms with Crippen molar-refractivity contribution in [3.63, 3.8) is 0 Å². The highest BCUT2D eigenvalue weighted by Crippen LogP contribution is 2.16. The van der Waals surface area contributed by atoms with Gasteiger partial charge in [-0.25, -0.2) is 0 Å². The van der Waals surface area contributed by atoms with Crippen LogP contribution in [0.25, 0.3) is 0 Å². The van der Waals surface area contributed by atoms with Crippen molar-refractivity contribution in [2.45, 2.75) is 309 Å². The highest BCUT2D eigenvalue weighted by atomic mass is 16.6. The lowest BCUT2D eigenvalue weighted by molar-refractivity contribution is -0.167. The fourth-order valence-corrected chi connectivity index (χ4v) is 8.18. The summed E-state index contributed by atoms with van der Waals surface area (Å²) in [5.41, 5.74) is 0. The van der Waals surface area contributed by atoms with Gasteiger partial charge in [0.25, 0.3) is 0 Å². The van der Waals surface area contributed by atoms with Gasteiger partial charge in [0.2, 0.25) is 0 Å². The highest BCUT2D eigenvalue weighted by molar-refractivity contribution is 5.71. The number of carbonyl (C=O) groups excluding carboxylic acids is 3. The largest absolute Gasteiger partial charge is 0.462 e. The van der Waals surface area contributed by atoms with Gasteiger partial charge in [0.05, 0.1) is 0 Å². The van der Waals surface area contributed by atoms with Crippen LogP contribution in [0.1, 0.15) is 303 Å². The van der Waals surface area contributed by atoms with E-state index in [-0.39, 0.29) is 31.1 Å². The van der Waals surface area contributed by atoms with Crippen LogP contribution in [0.3, 0.4) is 0 Å². The Balaban J connectivity index is 4.24. The van der Waals surface area contributed by atoms with Crippen molar-refractivity contribution in [1.82, 2.24) is 0 Å². The topological polar surface area (TPSA) is 78.9 Å². The lowest BCUT2D eigenvalue weighted by Crippen LogP contribution is -2.30. The van der Waals surface area contributed by atoms with Crippen LogP contribution in [0, 0.1) is 0 Å². The molecular weight excluding hydrogens is 781 g/mol. The predicted octanol–water partition coefficient (Wildman–Crippen LogP) is 18.3. The summed E-state index contributed by atoms with van der Waals surface area (Å²) in [5.74, 6) is -0.865. The molecule has 6 heteroatoms. The molecule has 0 fully saturated rings. The molecule has 0 rings (SSSR count). The van der Waals surface area contributed by atoms with Crippen LogP contribution in [-0.2, 0) is 28.6 Å². The lowest BCUT2D eigenvalue weighted by atomic mass is 10.0. The molecule has 370 valence electrons. The van der Waals surface area contributed by atoms with Crippen LogP contribution in [0.2, 0.25) is 0 Å². The third-order valence-electron chi connectivity index (χ3n) is 12.4. The maximum Gasteiger partial charge on any atom is 0.306 e. The van der Waals surface area contributed by atoms with Crippen LogP contribution < -0.4 is 0 Å². The smallest absolute Gasteiger partial charge is 0.306 e. The monoisotopic (exact) mass is 887 g/mol. The Labute approximate surface area is 392 Å². The molecule has 0 aromatic rings. The maximum absolute atomic E-state index is 12.8. The molecule has 0 spiro atoms. The van der Waals surface area contributed by atoms with Crippen molar-refractivity contribution in [3.05, 3.63) is 24.3 Å². The molecule has 0 saturated heterocycles. The van der Waals surface area contributed by atoms with Crippen molar-refractivity contribution >= 4 is 17.9 Å². The predicted molar refractivity (Wildman–Crippen MR) is 270 cm³/mol. The van der Waals surface area contributed by atoms with Crippen LogP contribution in [0.15, 0.2) is 24.3 Å². The molecule has 0 aromatic carbocycles. The van der Waals surface area contributed by atoms with E-state index in [0.29, 0.717) is 19.3 Å². The van der Waals surface area contributed by atoms with E-state index in [1.54, 1.807) is 0 Å². The number of hydrogen-bond donors (Lipinski definition) is 0. The van der Waals surface area contributed by atoms with Gasteiger partial charge in [-0.3, -0.25) is 14.4 Å². The molecule has 0 aromatic heterocycles. The molecule has 63 heavy (non-hydrogen) atoms. The van der Waals surface area contributed by atoms with Gasteiger partial charge in [0.15, 0.2) is 6.10 Å². The van der Waals surface area contributed by atoms with Crippen LogP contribution >= 0.6 is 0 Å². The van der Waals surface area contributed by atoms with Crippen molar-refractivity contribution in [2.24, 2.45) is 0 Å². The summed E-state index contributed by atoms with van der Waals surface area (Å²) in [6.07, 6.45) is 60.3. The number of unbranched alkanes of at least 4 members (excludes halogenated alkanes) is 36. The van der Waals surface area contributed by atoms with Crippen LogP contribution in [0.5, 0.6) is 0 Å². The van der Waals surface area contributed by atoms with Gasteiger partial charge in [-0.1, -0.05) is 244 Å². The first-order chi connectivity index (χ1) is 31.0. The molecule has 0 heterocycles. The first-order valence-electron chi connectivity index (χ1n) is 27.8. The minimum atomic E-state index is -0.769. The summed E-state index contributed by atoms with van der Waals surface area (Å²) >= 11 is 0. The van der Waals surface area contributed by atoms with E-state index >= 15 is 0 Å². The number of allylic oxidation sites excluding steroid dienone is 4. The molecule has 0 saturated carbocycles. The summed E-state index contributed by atoms with van der Waals surface area (Å²) in [6, 6.07) is 0. The minimum Gasteiger partial charge on any atom is -0.462 e. The quantitative estimate of drug-likeness (QED) is 0.0262. The van der Waals surface area contributed by atoms with E-state index in [4.69, 9.17) is 14.2 Å². The summed E-state index contributed by atoms with van der Waals surface area (Å²) in [5, 5.41) is 0. The third kappa shape index (κ3) is 50.7. The number of rotatable bonds is 51. The Morgan fingerprint density at radius 2 is 0.540 bits per heavy atom. The second-order valence-corrected chi connectivity index (χ2v) is 18.8. The third-order valence-corrected chi connectivity index (χ3v) is 12.4. The molecule has 0 unspecified atom stereocenters. The molecule has 0 aliphatic rings. The zero-order valence-corrected chi connectivity index (χ0v) is 42.4. The fraction of sp³-hybridized carbons (Fsp3) is 0.877. The van der Waals surface area contributed by atoms with Gasteiger partial charge < -0.3 is 14.2 Å². The molecule has 0 N–H and O–H groups in total. The fourth-order valence-electron chi connectivity index (χ4n) is 8.18. The second kappa shape index (κ2) is 52.5. The molecule has 1 atom stereocenters. The van der Waals surface area contributed by atoms with E-state index in [1.165, 1.54) is 199 Å². The zero-order valence-electron chi connectivity index (χ0n) is 42.4. The Kier molecular flexibility index (Phi) is 50.8. The number of hydrogen-bond acceptors (Lipinski definition) is 6. The van der Waals surface area contributed by atoms with E-state index < -0.39 is 6.10 Å². The van der Waals surface area contributed by atoms with Gasteiger partial charge in [0.1, 0.15) is 13.2 Å². The van der Waals surface area contributed by atoms with Gasteiger partial charge in [-0.15, -0.1) is 0 Å². The average molecular weight is 887 g/mol. The summed E-state index contributed by atoms with van der Waals surface area (Å²) in [4.78, 5) is 38.0. The Hall–Kier alpha value is -2.11. The van der Waals surface area contributed by atoms with Gasteiger partial charge >= 0.3 is 17.9 Å². The number of carbonyl (C=O) groups is 3. The summed E-state index contributed by atoms with van der Waals surface area (Å²) in [7, 11) is 0. The molecule has 6 nitrogen and oxygen atoms in total. The van der Waals surface area contributed by atoms with E-state index in [1.807, 2.05) is 0 Å². The van der Waals surface area contributed by atoms with Crippen molar-refractivity contribution in [3.8, 4) is 0 Å². The summed E-state index contributed by atoms with van der Waals surface area (Å²) < 4.78 is 16.8. The van der Waals surface area contributed by atoms with Crippen molar-refractivity contribution < 1.29 is 28.6 Å². The lowest BCUT2D eigenvalue weighted by Gasteiger charge is -2.18. The van der Waals surface area contributed by atoms with Gasteiger partial charge in [-0.2, -0.15) is 0 Å². The minimum absolute atomic E-state index is 0.0701. The van der Waals surface area contributed by atoms with E-state index in [0.717, 1.165) is 64.2 Å². The molecule has 0 radical (unpaired) electrons. The summed E-state index contributed by atoms with van der Waals surface area (Å²) in [6.45, 7) is 6.62. The van der Waals surface area contributed by atoms with Gasteiger partial charge in [-0.05, 0) is 64.2 Å². The Morgan fingerprint density at radius 1 is 0.302 bits per heavy atom. The van der Waals surface area contributed by atoms with Crippen LogP contribution in [-0.4, -0.2) is 37.2 Å². The molecule has 0 aliphatic heterocycles. The average Bonchev–Trinajstić information content (AvgIpc) is 3.28. The van der Waals surface area contributed by atoms with Gasteiger partial charge in [0, 0.05) is 19.3 Å². The van der Waals surface area contributed by atoms with E-state index in [2.05, 4.69) is 45.1 Å². The molecule has 0 bridgehead atoms. The van der Waals surface area contributed by atoms with Crippen molar-refractivity contribution in [1.29, 1.82) is 0 Å². The Bertz CT molecular complexity index is 1020. The first-order valence-corrected chi connectivity index (χ1v) is 27.8. The molecule has 0 amide bonds. The zero-order chi connectivity index (χ0) is 45.8. The Morgan fingerprint density at radius 3 is 0.841 bits per heavy atom.